The van der Waals surface area contributed by atoms with Crippen molar-refractivity contribution in [2.24, 2.45) is 0 Å². The Kier molecular flexibility index (Phi) is 10.8. The Morgan fingerprint density at radius 3 is 2.42 bits per heavy atom. The van der Waals surface area contributed by atoms with Crippen molar-refractivity contribution in [1.29, 1.82) is 0 Å². The zero-order valence-electron chi connectivity index (χ0n) is 24.7. The summed E-state index contributed by atoms with van der Waals surface area (Å²) in [5.41, 5.74) is 11.5. The van der Waals surface area contributed by atoms with Crippen molar-refractivity contribution in [2.45, 2.75) is 90.4 Å². The van der Waals surface area contributed by atoms with Crippen molar-refractivity contribution in [2.75, 3.05) is 13.2 Å². The van der Waals surface area contributed by atoms with Gasteiger partial charge in [-0.1, -0.05) is 93.9 Å². The molecule has 0 radical (unpaired) electrons. The van der Waals surface area contributed by atoms with E-state index in [2.05, 4.69) is 81.1 Å². The second-order valence-electron chi connectivity index (χ2n) is 11.5. The largest absolute Gasteiger partial charge is 0.462 e. The Morgan fingerprint density at radius 1 is 0.975 bits per heavy atom. The summed E-state index contributed by atoms with van der Waals surface area (Å²) in [6.07, 6.45) is 9.97. The summed E-state index contributed by atoms with van der Waals surface area (Å²) in [7, 11) is 0. The minimum atomic E-state index is -0.381. The lowest BCUT2D eigenvalue weighted by Gasteiger charge is -2.26. The van der Waals surface area contributed by atoms with Crippen LogP contribution in [0.15, 0.2) is 72.8 Å². The number of benzene rings is 3. The third-order valence-corrected chi connectivity index (χ3v) is 8.53. The molecule has 3 nitrogen and oxygen atoms in total. The Labute approximate surface area is 241 Å². The van der Waals surface area contributed by atoms with E-state index < -0.39 is 0 Å². The van der Waals surface area contributed by atoms with Crippen molar-refractivity contribution in [3.8, 4) is 11.1 Å². The number of aliphatic hydroxyl groups is 1. The van der Waals surface area contributed by atoms with Crippen molar-refractivity contribution in [1.82, 2.24) is 0 Å². The van der Waals surface area contributed by atoms with E-state index in [1.54, 1.807) is 6.92 Å². The molecule has 1 aliphatic carbocycles. The van der Waals surface area contributed by atoms with Gasteiger partial charge in [-0.25, -0.2) is 4.79 Å². The molecule has 3 aromatic carbocycles. The zero-order valence-corrected chi connectivity index (χ0v) is 24.7. The molecule has 3 aromatic rings. The molecule has 0 amide bonds. The Hall–Kier alpha value is -3.17. The molecule has 0 aliphatic heterocycles. The van der Waals surface area contributed by atoms with E-state index in [9.17, 15) is 9.90 Å². The van der Waals surface area contributed by atoms with E-state index in [-0.39, 0.29) is 25.1 Å². The smallest absolute Gasteiger partial charge is 0.333 e. The molecule has 2 unspecified atom stereocenters. The third-order valence-electron chi connectivity index (χ3n) is 8.53. The first-order valence-corrected chi connectivity index (χ1v) is 15.2. The van der Waals surface area contributed by atoms with Crippen LogP contribution in [-0.2, 0) is 35.2 Å². The van der Waals surface area contributed by atoms with E-state index in [0.717, 1.165) is 31.2 Å². The maximum Gasteiger partial charge on any atom is 0.333 e. The second kappa shape index (κ2) is 14.5. The first-order chi connectivity index (χ1) is 19.4. The van der Waals surface area contributed by atoms with Gasteiger partial charge in [0, 0.05) is 18.1 Å². The lowest BCUT2D eigenvalue weighted by atomic mass is 9.79. The number of carbonyl (C=O) groups excluding carboxylic acids is 1. The van der Waals surface area contributed by atoms with Gasteiger partial charge in [-0.2, -0.15) is 0 Å². The van der Waals surface area contributed by atoms with Gasteiger partial charge < -0.3 is 9.84 Å². The molecular formula is C37H46O3. The maximum absolute atomic E-state index is 11.8. The SMILES string of the molecule is C=C(C)C(=O)OCC(CCO)c1ccc(C2CCc3cc(-c4ccc(CCCCC)c(CC)c4)ccc3C2)cc1. The molecule has 0 heterocycles. The number of aryl methyl sites for hydroxylation is 3. The van der Waals surface area contributed by atoms with Crippen LogP contribution in [0.25, 0.3) is 11.1 Å². The standard InChI is InChI=1S/C37H46O3/c1-5-7-8-9-28-14-15-32(22-27(28)6-2)34-19-18-33-23-31(16-17-35(33)24-34)29-10-12-30(13-11-29)36(20-21-38)25-40-37(39)26(3)4/h10-15,18-19,22,24,31,36,38H,3,5-9,16-17,20-21,23,25H2,1-2,4H3. The van der Waals surface area contributed by atoms with Gasteiger partial charge in [0.15, 0.2) is 0 Å². The number of unbranched alkanes of at least 4 members (excludes halogenated alkanes) is 2. The molecule has 40 heavy (non-hydrogen) atoms. The normalized spacial score (nSPS) is 15.3. The summed E-state index contributed by atoms with van der Waals surface area (Å²) in [4.78, 5) is 11.8. The quantitative estimate of drug-likeness (QED) is 0.135. The van der Waals surface area contributed by atoms with Crippen LogP contribution in [0.4, 0.5) is 0 Å². The van der Waals surface area contributed by atoms with Crippen LogP contribution in [0.2, 0.25) is 0 Å². The molecule has 212 valence electrons. The highest BCUT2D eigenvalue weighted by molar-refractivity contribution is 5.86. The maximum atomic E-state index is 11.8. The fraction of sp³-hybridized carbons (Fsp3) is 0.432. The van der Waals surface area contributed by atoms with Crippen molar-refractivity contribution in [3.05, 3.63) is 106 Å². The van der Waals surface area contributed by atoms with Crippen molar-refractivity contribution in [3.63, 3.8) is 0 Å². The number of esters is 1. The van der Waals surface area contributed by atoms with Gasteiger partial charge in [0.05, 0.1) is 6.61 Å². The predicted octanol–water partition coefficient (Wildman–Crippen LogP) is 8.51. The molecule has 0 spiro atoms. The van der Waals surface area contributed by atoms with Gasteiger partial charge in [0.2, 0.25) is 0 Å². The Bertz CT molecular complexity index is 1290. The fourth-order valence-corrected chi connectivity index (χ4v) is 6.00. The van der Waals surface area contributed by atoms with Crippen molar-refractivity contribution >= 4 is 5.97 Å². The van der Waals surface area contributed by atoms with Crippen molar-refractivity contribution < 1.29 is 14.6 Å². The zero-order chi connectivity index (χ0) is 28.5. The topological polar surface area (TPSA) is 46.5 Å². The molecule has 1 N–H and O–H groups in total. The number of aliphatic hydroxyl groups excluding tert-OH is 1. The minimum absolute atomic E-state index is 0.0218. The molecule has 2 atom stereocenters. The highest BCUT2D eigenvalue weighted by Gasteiger charge is 2.22. The highest BCUT2D eigenvalue weighted by Crippen LogP contribution is 2.36. The molecule has 0 bridgehead atoms. The van der Waals surface area contributed by atoms with E-state index >= 15 is 0 Å². The van der Waals surface area contributed by atoms with Crippen LogP contribution in [-0.4, -0.2) is 24.3 Å². The van der Waals surface area contributed by atoms with Crippen LogP contribution in [0.1, 0.15) is 98.1 Å². The number of rotatable bonds is 13. The summed E-state index contributed by atoms with van der Waals surface area (Å²) in [5, 5.41) is 9.54. The van der Waals surface area contributed by atoms with Gasteiger partial charge in [-0.05, 0) is 102 Å². The summed E-state index contributed by atoms with van der Waals surface area (Å²) in [6.45, 7) is 10.1. The Morgan fingerprint density at radius 2 is 1.73 bits per heavy atom. The second-order valence-corrected chi connectivity index (χ2v) is 11.5. The first-order valence-electron chi connectivity index (χ1n) is 15.2. The average Bonchev–Trinajstić information content (AvgIpc) is 2.98. The molecule has 4 rings (SSSR count). The summed E-state index contributed by atoms with van der Waals surface area (Å²) in [6, 6.07) is 22.9. The van der Waals surface area contributed by atoms with E-state index in [1.165, 1.54) is 64.6 Å². The number of hydrogen-bond acceptors (Lipinski definition) is 3. The van der Waals surface area contributed by atoms with Gasteiger partial charge in [-0.3, -0.25) is 0 Å². The average molecular weight is 539 g/mol. The molecule has 0 aromatic heterocycles. The van der Waals surface area contributed by atoms with Gasteiger partial charge in [-0.15, -0.1) is 0 Å². The van der Waals surface area contributed by atoms with Crippen LogP contribution < -0.4 is 0 Å². The van der Waals surface area contributed by atoms with Crippen LogP contribution in [0, 0.1) is 0 Å². The number of fused-ring (bicyclic) bond motifs is 1. The molecule has 0 saturated carbocycles. The van der Waals surface area contributed by atoms with Gasteiger partial charge in [0.25, 0.3) is 0 Å². The van der Waals surface area contributed by atoms with Crippen LogP contribution in [0.3, 0.4) is 0 Å². The van der Waals surface area contributed by atoms with E-state index in [0.29, 0.717) is 17.9 Å². The van der Waals surface area contributed by atoms with E-state index in [1.807, 2.05) is 0 Å². The minimum Gasteiger partial charge on any atom is -0.462 e. The Balaban J connectivity index is 1.43. The monoisotopic (exact) mass is 538 g/mol. The molecule has 0 fully saturated rings. The number of carbonyl (C=O) groups is 1. The number of hydrogen-bond donors (Lipinski definition) is 1. The molecule has 1 aliphatic rings. The lowest BCUT2D eigenvalue weighted by Crippen LogP contribution is -2.15. The lowest BCUT2D eigenvalue weighted by molar-refractivity contribution is -0.139. The molecular weight excluding hydrogens is 492 g/mol. The van der Waals surface area contributed by atoms with Crippen LogP contribution >= 0.6 is 0 Å². The van der Waals surface area contributed by atoms with Gasteiger partial charge in [0.1, 0.15) is 0 Å². The van der Waals surface area contributed by atoms with Crippen LogP contribution in [0.5, 0.6) is 0 Å². The first kappa shape index (κ1) is 29.8. The summed E-state index contributed by atoms with van der Waals surface area (Å²) in [5.74, 6) is 0.0966. The van der Waals surface area contributed by atoms with Gasteiger partial charge >= 0.3 is 5.97 Å². The summed E-state index contributed by atoms with van der Waals surface area (Å²) >= 11 is 0. The summed E-state index contributed by atoms with van der Waals surface area (Å²) < 4.78 is 5.39. The highest BCUT2D eigenvalue weighted by atomic mass is 16.5. The number of ether oxygens (including phenoxy) is 1. The third kappa shape index (κ3) is 7.52. The molecule has 0 saturated heterocycles. The molecule has 3 heteroatoms. The predicted molar refractivity (Wildman–Crippen MR) is 166 cm³/mol. The van der Waals surface area contributed by atoms with E-state index in [4.69, 9.17) is 4.74 Å². The fourth-order valence-electron chi connectivity index (χ4n) is 6.00.